The number of anilines is 1. The SMILES string of the molecule is COc1cc2nc(NC(C)C)n3nc(C)nc3c2cc1OC. The van der Waals surface area contributed by atoms with E-state index in [0.717, 1.165) is 16.6 Å². The van der Waals surface area contributed by atoms with E-state index in [2.05, 4.69) is 34.2 Å². The fourth-order valence-corrected chi connectivity index (χ4v) is 2.39. The summed E-state index contributed by atoms with van der Waals surface area (Å²) in [6, 6.07) is 3.96. The lowest BCUT2D eigenvalue weighted by molar-refractivity contribution is 0.356. The molecule has 0 saturated carbocycles. The van der Waals surface area contributed by atoms with Crippen LogP contribution in [0.15, 0.2) is 12.1 Å². The number of aromatic nitrogens is 4. The summed E-state index contributed by atoms with van der Waals surface area (Å²) in [7, 11) is 3.22. The molecule has 0 radical (unpaired) electrons. The third-order valence-electron chi connectivity index (χ3n) is 3.30. The van der Waals surface area contributed by atoms with Crippen molar-refractivity contribution in [2.75, 3.05) is 19.5 Å². The van der Waals surface area contributed by atoms with Crippen LogP contribution in [0.1, 0.15) is 19.7 Å². The van der Waals surface area contributed by atoms with Crippen molar-refractivity contribution in [3.05, 3.63) is 18.0 Å². The van der Waals surface area contributed by atoms with Crippen molar-refractivity contribution in [2.45, 2.75) is 26.8 Å². The minimum Gasteiger partial charge on any atom is -0.493 e. The molecule has 22 heavy (non-hydrogen) atoms. The molecule has 0 saturated heterocycles. The van der Waals surface area contributed by atoms with Gasteiger partial charge in [0.15, 0.2) is 17.1 Å². The molecule has 0 bridgehead atoms. The minimum absolute atomic E-state index is 0.234. The van der Waals surface area contributed by atoms with E-state index in [1.807, 2.05) is 19.1 Å². The second-order valence-corrected chi connectivity index (χ2v) is 5.35. The molecule has 1 N–H and O–H groups in total. The van der Waals surface area contributed by atoms with E-state index >= 15 is 0 Å². The van der Waals surface area contributed by atoms with Gasteiger partial charge >= 0.3 is 0 Å². The first kappa shape index (κ1) is 14.4. The Labute approximate surface area is 128 Å². The van der Waals surface area contributed by atoms with E-state index in [1.54, 1.807) is 18.7 Å². The van der Waals surface area contributed by atoms with Gasteiger partial charge in [0.2, 0.25) is 5.95 Å². The van der Waals surface area contributed by atoms with Crippen molar-refractivity contribution in [2.24, 2.45) is 0 Å². The quantitative estimate of drug-likeness (QED) is 0.798. The van der Waals surface area contributed by atoms with Gasteiger partial charge in [0, 0.05) is 17.5 Å². The Kier molecular flexibility index (Phi) is 3.48. The number of fused-ring (bicyclic) bond motifs is 3. The molecule has 0 unspecified atom stereocenters. The number of benzene rings is 1. The predicted octanol–water partition coefficient (Wildman–Crippen LogP) is 2.42. The Morgan fingerprint density at radius 2 is 1.77 bits per heavy atom. The molecule has 0 aliphatic carbocycles. The molecule has 3 rings (SSSR count). The van der Waals surface area contributed by atoms with Crippen LogP contribution in [0.5, 0.6) is 11.5 Å². The number of ether oxygens (including phenoxy) is 2. The Hall–Kier alpha value is -2.57. The smallest absolute Gasteiger partial charge is 0.226 e. The molecule has 3 aromatic rings. The normalized spacial score (nSPS) is 11.4. The molecule has 2 heterocycles. The standard InChI is InChI=1S/C15H19N5O2/c1-8(2)16-15-18-11-7-13(22-5)12(21-4)6-10(11)14-17-9(3)19-20(14)15/h6-8H,1-5H3,(H,16,18). The van der Waals surface area contributed by atoms with Crippen molar-refractivity contribution in [1.29, 1.82) is 0 Å². The summed E-state index contributed by atoms with van der Waals surface area (Å²) < 4.78 is 12.4. The molecule has 1 aromatic carbocycles. The Morgan fingerprint density at radius 1 is 1.09 bits per heavy atom. The number of methoxy groups -OCH3 is 2. The maximum absolute atomic E-state index is 5.37. The zero-order valence-electron chi connectivity index (χ0n) is 13.3. The molecule has 2 aromatic heterocycles. The van der Waals surface area contributed by atoms with Crippen LogP contribution < -0.4 is 14.8 Å². The summed E-state index contributed by atoms with van der Waals surface area (Å²) in [6.45, 7) is 5.96. The Balaban J connectivity index is 2.37. The monoisotopic (exact) mass is 301 g/mol. The summed E-state index contributed by atoms with van der Waals surface area (Å²) in [6.07, 6.45) is 0. The van der Waals surface area contributed by atoms with Gasteiger partial charge in [0.05, 0.1) is 19.7 Å². The highest BCUT2D eigenvalue weighted by atomic mass is 16.5. The maximum atomic E-state index is 5.37. The largest absolute Gasteiger partial charge is 0.493 e. The molecule has 0 atom stereocenters. The van der Waals surface area contributed by atoms with Crippen molar-refractivity contribution in [1.82, 2.24) is 19.6 Å². The molecular formula is C15H19N5O2. The van der Waals surface area contributed by atoms with Crippen LogP contribution in [-0.2, 0) is 0 Å². The van der Waals surface area contributed by atoms with Crippen molar-refractivity contribution in [3.8, 4) is 11.5 Å². The van der Waals surface area contributed by atoms with Crippen molar-refractivity contribution in [3.63, 3.8) is 0 Å². The van der Waals surface area contributed by atoms with Crippen molar-refractivity contribution >= 4 is 22.5 Å². The lowest BCUT2D eigenvalue weighted by Gasteiger charge is -2.13. The lowest BCUT2D eigenvalue weighted by Crippen LogP contribution is -2.15. The summed E-state index contributed by atoms with van der Waals surface area (Å²) in [5, 5.41) is 8.59. The van der Waals surface area contributed by atoms with E-state index in [1.165, 1.54) is 0 Å². The van der Waals surface area contributed by atoms with Gasteiger partial charge in [0.1, 0.15) is 5.82 Å². The summed E-state index contributed by atoms with van der Waals surface area (Å²) in [4.78, 5) is 9.17. The second kappa shape index (κ2) is 5.32. The van der Waals surface area contributed by atoms with E-state index in [4.69, 9.17) is 9.47 Å². The molecule has 0 fully saturated rings. The van der Waals surface area contributed by atoms with Crippen LogP contribution in [0.25, 0.3) is 16.6 Å². The number of nitrogens with zero attached hydrogens (tertiary/aromatic N) is 4. The number of hydrogen-bond donors (Lipinski definition) is 1. The van der Waals surface area contributed by atoms with Gasteiger partial charge in [-0.25, -0.2) is 9.97 Å². The van der Waals surface area contributed by atoms with Gasteiger partial charge < -0.3 is 14.8 Å². The fourth-order valence-electron chi connectivity index (χ4n) is 2.39. The number of rotatable bonds is 4. The number of aryl methyl sites for hydroxylation is 1. The second-order valence-electron chi connectivity index (χ2n) is 5.35. The third-order valence-corrected chi connectivity index (χ3v) is 3.30. The molecule has 0 aliphatic rings. The average Bonchev–Trinajstić information content (AvgIpc) is 2.87. The van der Waals surface area contributed by atoms with Crippen LogP contribution in [0.3, 0.4) is 0 Å². The lowest BCUT2D eigenvalue weighted by atomic mass is 10.2. The van der Waals surface area contributed by atoms with Crippen molar-refractivity contribution < 1.29 is 9.47 Å². The van der Waals surface area contributed by atoms with Gasteiger partial charge in [-0.2, -0.15) is 4.52 Å². The zero-order valence-corrected chi connectivity index (χ0v) is 13.3. The first-order valence-corrected chi connectivity index (χ1v) is 7.09. The molecule has 0 spiro atoms. The summed E-state index contributed by atoms with van der Waals surface area (Å²) in [5.41, 5.74) is 1.52. The first-order valence-electron chi connectivity index (χ1n) is 7.09. The summed E-state index contributed by atoms with van der Waals surface area (Å²) >= 11 is 0. The molecule has 7 heteroatoms. The van der Waals surface area contributed by atoms with E-state index in [0.29, 0.717) is 23.3 Å². The van der Waals surface area contributed by atoms with Crippen LogP contribution in [0.4, 0.5) is 5.95 Å². The van der Waals surface area contributed by atoms with Gasteiger partial charge in [0.25, 0.3) is 0 Å². The van der Waals surface area contributed by atoms with Gasteiger partial charge in [-0.15, -0.1) is 5.10 Å². The molecule has 7 nitrogen and oxygen atoms in total. The topological polar surface area (TPSA) is 73.6 Å². The maximum Gasteiger partial charge on any atom is 0.226 e. The summed E-state index contributed by atoms with van der Waals surface area (Å²) in [5.74, 6) is 2.63. The van der Waals surface area contributed by atoms with Crippen LogP contribution >= 0.6 is 0 Å². The van der Waals surface area contributed by atoms with Gasteiger partial charge in [-0.05, 0) is 26.8 Å². The fraction of sp³-hybridized carbons (Fsp3) is 0.400. The van der Waals surface area contributed by atoms with Crippen LogP contribution in [0.2, 0.25) is 0 Å². The van der Waals surface area contributed by atoms with E-state index < -0.39 is 0 Å². The minimum atomic E-state index is 0.234. The Bertz CT molecular complexity index is 841. The zero-order chi connectivity index (χ0) is 15.9. The van der Waals surface area contributed by atoms with Gasteiger partial charge in [-0.3, -0.25) is 0 Å². The molecule has 0 aliphatic heterocycles. The Morgan fingerprint density at radius 3 is 2.41 bits per heavy atom. The third kappa shape index (κ3) is 2.28. The highest BCUT2D eigenvalue weighted by Gasteiger charge is 2.16. The van der Waals surface area contributed by atoms with Crippen LogP contribution in [-0.4, -0.2) is 39.8 Å². The number of hydrogen-bond acceptors (Lipinski definition) is 6. The predicted molar refractivity (Wildman–Crippen MR) is 84.9 cm³/mol. The molecule has 0 amide bonds. The molecule has 116 valence electrons. The van der Waals surface area contributed by atoms with Crippen LogP contribution in [0, 0.1) is 6.92 Å². The van der Waals surface area contributed by atoms with Gasteiger partial charge in [-0.1, -0.05) is 0 Å². The number of nitrogens with one attached hydrogen (secondary N) is 1. The average molecular weight is 301 g/mol. The molecular weight excluding hydrogens is 282 g/mol. The highest BCUT2D eigenvalue weighted by Crippen LogP contribution is 2.33. The van der Waals surface area contributed by atoms with E-state index in [9.17, 15) is 0 Å². The highest BCUT2D eigenvalue weighted by molar-refractivity contribution is 5.94. The van der Waals surface area contributed by atoms with E-state index in [-0.39, 0.29) is 6.04 Å². The first-order chi connectivity index (χ1) is 10.5.